The minimum atomic E-state index is -4.61. The van der Waals surface area contributed by atoms with Crippen LogP contribution in [0.3, 0.4) is 0 Å². The number of carbonyl (C=O) groups excluding carboxylic acids is 1. The number of hydrogen-bond acceptors (Lipinski definition) is 5. The molecular weight excluding hydrogens is 395 g/mol. The fourth-order valence-electron chi connectivity index (χ4n) is 2.05. The zero-order valence-electron chi connectivity index (χ0n) is 14.0. The topological polar surface area (TPSA) is 69.0 Å². The molecule has 0 spiro atoms. The van der Waals surface area contributed by atoms with Gasteiger partial charge in [0, 0.05) is 13.6 Å². The van der Waals surface area contributed by atoms with Gasteiger partial charge in [0.25, 0.3) is 0 Å². The first-order valence-electron chi connectivity index (χ1n) is 7.56. The van der Waals surface area contributed by atoms with E-state index in [4.69, 9.17) is 0 Å². The minimum Gasteiger partial charge on any atom is -0.435 e. The van der Waals surface area contributed by atoms with Crippen molar-refractivity contribution in [3.05, 3.63) is 35.7 Å². The van der Waals surface area contributed by atoms with Crippen LogP contribution >= 0.6 is 11.8 Å². The summed E-state index contributed by atoms with van der Waals surface area (Å²) in [6.45, 7) is -2.62. The molecule has 1 N–H and O–H groups in total. The Morgan fingerprint density at radius 3 is 2.48 bits per heavy atom. The van der Waals surface area contributed by atoms with Crippen LogP contribution in [-0.2, 0) is 24.4 Å². The Hall–Kier alpha value is -2.37. The van der Waals surface area contributed by atoms with Crippen LogP contribution in [0.1, 0.15) is 11.4 Å². The molecule has 1 heterocycles. The largest absolute Gasteiger partial charge is 0.451 e. The standard InChI is InChI=1S/C15H15F5N4O2S/c1-24-12(15(18,19)20)22-23-14(24)27-8-11(25)21-7-6-9-2-4-10(5-3-9)26-13(16)17/h2-5,13H,6-8H2,1H3,(H,21,25). The Bertz CT molecular complexity index is 765. The zero-order chi connectivity index (χ0) is 20.0. The lowest BCUT2D eigenvalue weighted by Crippen LogP contribution is -2.27. The number of aromatic nitrogens is 3. The number of ether oxygens (including phenoxy) is 1. The van der Waals surface area contributed by atoms with Crippen LogP contribution in [0.4, 0.5) is 22.0 Å². The summed E-state index contributed by atoms with van der Waals surface area (Å²) < 4.78 is 67.0. The second-order valence-corrected chi connectivity index (χ2v) is 6.22. The molecule has 0 aliphatic heterocycles. The van der Waals surface area contributed by atoms with Crippen LogP contribution in [0.2, 0.25) is 0 Å². The first kappa shape index (κ1) is 20.9. The Kier molecular flexibility index (Phi) is 6.99. The molecular formula is C15H15F5N4O2S. The van der Waals surface area contributed by atoms with E-state index < -0.39 is 18.6 Å². The van der Waals surface area contributed by atoms with Crippen LogP contribution in [-0.4, -0.2) is 39.6 Å². The van der Waals surface area contributed by atoms with E-state index in [9.17, 15) is 26.7 Å². The van der Waals surface area contributed by atoms with Crippen molar-refractivity contribution in [1.82, 2.24) is 20.1 Å². The summed E-state index contributed by atoms with van der Waals surface area (Å²) in [5, 5.41) is 9.08. The van der Waals surface area contributed by atoms with Crippen molar-refractivity contribution in [2.24, 2.45) is 7.05 Å². The van der Waals surface area contributed by atoms with Gasteiger partial charge in [0.05, 0.1) is 5.75 Å². The average Bonchev–Trinajstić information content (AvgIpc) is 2.95. The number of carbonyl (C=O) groups is 1. The summed E-state index contributed by atoms with van der Waals surface area (Å²) in [5.41, 5.74) is 0.799. The molecule has 148 valence electrons. The average molecular weight is 410 g/mol. The fraction of sp³-hybridized carbons (Fsp3) is 0.400. The van der Waals surface area contributed by atoms with Gasteiger partial charge in [-0.15, -0.1) is 10.2 Å². The molecule has 0 unspecified atom stereocenters. The number of nitrogens with zero attached hydrogens (tertiary/aromatic N) is 3. The Morgan fingerprint density at radius 2 is 1.93 bits per heavy atom. The van der Waals surface area contributed by atoms with Gasteiger partial charge in [0.15, 0.2) is 5.16 Å². The maximum atomic E-state index is 12.6. The van der Waals surface area contributed by atoms with E-state index in [2.05, 4.69) is 20.3 Å². The lowest BCUT2D eigenvalue weighted by atomic mass is 10.1. The molecule has 2 rings (SSSR count). The fourth-order valence-corrected chi connectivity index (χ4v) is 2.79. The highest BCUT2D eigenvalue weighted by atomic mass is 32.2. The number of thioether (sulfide) groups is 1. The van der Waals surface area contributed by atoms with Gasteiger partial charge in [-0.05, 0) is 24.1 Å². The van der Waals surface area contributed by atoms with Crippen molar-refractivity contribution in [2.75, 3.05) is 12.3 Å². The zero-order valence-corrected chi connectivity index (χ0v) is 14.8. The lowest BCUT2D eigenvalue weighted by molar-refractivity contribution is -0.147. The summed E-state index contributed by atoms with van der Waals surface area (Å²) >= 11 is 0.836. The van der Waals surface area contributed by atoms with Crippen molar-refractivity contribution in [3.63, 3.8) is 0 Å². The highest BCUT2D eigenvalue weighted by Crippen LogP contribution is 2.29. The summed E-state index contributed by atoms with van der Waals surface area (Å²) in [5.74, 6) is -1.60. The number of hydrogen-bond donors (Lipinski definition) is 1. The van der Waals surface area contributed by atoms with Crippen molar-refractivity contribution in [3.8, 4) is 5.75 Å². The van der Waals surface area contributed by atoms with Gasteiger partial charge in [-0.3, -0.25) is 4.79 Å². The Balaban J connectivity index is 1.75. The summed E-state index contributed by atoms with van der Waals surface area (Å²) in [7, 11) is 1.17. The van der Waals surface area contributed by atoms with Crippen LogP contribution in [0.15, 0.2) is 29.4 Å². The van der Waals surface area contributed by atoms with Gasteiger partial charge in [-0.1, -0.05) is 23.9 Å². The van der Waals surface area contributed by atoms with Crippen molar-refractivity contribution >= 4 is 17.7 Å². The number of rotatable bonds is 8. The molecule has 27 heavy (non-hydrogen) atoms. The van der Waals surface area contributed by atoms with Gasteiger partial charge < -0.3 is 14.6 Å². The normalized spacial score (nSPS) is 11.7. The van der Waals surface area contributed by atoms with Crippen molar-refractivity contribution in [2.45, 2.75) is 24.4 Å². The maximum absolute atomic E-state index is 12.6. The van der Waals surface area contributed by atoms with Gasteiger partial charge in [0.2, 0.25) is 11.7 Å². The Labute approximate surface area is 155 Å². The van der Waals surface area contributed by atoms with Gasteiger partial charge in [-0.25, -0.2) is 0 Å². The minimum absolute atomic E-state index is 0.0212. The molecule has 0 atom stereocenters. The third-order valence-electron chi connectivity index (χ3n) is 3.31. The second-order valence-electron chi connectivity index (χ2n) is 5.27. The molecule has 0 saturated carbocycles. The summed E-state index contributed by atoms with van der Waals surface area (Å²) in [4.78, 5) is 11.8. The molecule has 0 aliphatic rings. The maximum Gasteiger partial charge on any atom is 0.451 e. The van der Waals surface area contributed by atoms with Crippen molar-refractivity contribution < 1.29 is 31.5 Å². The number of nitrogens with one attached hydrogen (secondary N) is 1. The monoisotopic (exact) mass is 410 g/mol. The van der Waals surface area contributed by atoms with Gasteiger partial charge in [0.1, 0.15) is 5.75 Å². The second kappa shape index (κ2) is 9.02. The van der Waals surface area contributed by atoms with E-state index in [1.54, 1.807) is 12.1 Å². The molecule has 0 fully saturated rings. The first-order valence-corrected chi connectivity index (χ1v) is 8.55. The lowest BCUT2D eigenvalue weighted by Gasteiger charge is -2.08. The number of amides is 1. The van der Waals surface area contributed by atoms with Gasteiger partial charge >= 0.3 is 12.8 Å². The molecule has 0 radical (unpaired) electrons. The van der Waals surface area contributed by atoms with Crippen LogP contribution in [0.5, 0.6) is 5.75 Å². The summed E-state index contributed by atoms with van der Waals surface area (Å²) in [6, 6.07) is 5.98. The SMILES string of the molecule is Cn1c(SCC(=O)NCCc2ccc(OC(F)F)cc2)nnc1C(F)(F)F. The van der Waals surface area contributed by atoms with Crippen LogP contribution in [0.25, 0.3) is 0 Å². The van der Waals surface area contributed by atoms with E-state index in [0.29, 0.717) is 6.42 Å². The molecule has 1 amide bonds. The molecule has 0 saturated heterocycles. The van der Waals surface area contributed by atoms with E-state index in [-0.39, 0.29) is 29.1 Å². The molecule has 6 nitrogen and oxygen atoms in total. The predicted molar refractivity (Wildman–Crippen MR) is 86.5 cm³/mol. The third kappa shape index (κ3) is 6.38. The highest BCUT2D eigenvalue weighted by Gasteiger charge is 2.37. The number of halogens is 5. The molecule has 1 aromatic carbocycles. The molecule has 1 aromatic heterocycles. The van der Waals surface area contributed by atoms with Gasteiger partial charge in [-0.2, -0.15) is 22.0 Å². The molecule has 0 bridgehead atoms. The van der Waals surface area contributed by atoms with Crippen LogP contribution in [0, 0.1) is 0 Å². The van der Waals surface area contributed by atoms with E-state index in [1.165, 1.54) is 19.2 Å². The van der Waals surface area contributed by atoms with Crippen LogP contribution < -0.4 is 10.1 Å². The predicted octanol–water partition coefficient (Wildman–Crippen LogP) is 2.89. The van der Waals surface area contributed by atoms with E-state index in [0.717, 1.165) is 21.9 Å². The summed E-state index contributed by atoms with van der Waals surface area (Å²) in [6.07, 6.45) is -4.16. The highest BCUT2D eigenvalue weighted by molar-refractivity contribution is 7.99. The first-order chi connectivity index (χ1) is 12.7. The van der Waals surface area contributed by atoms with E-state index >= 15 is 0 Å². The Morgan fingerprint density at radius 1 is 1.26 bits per heavy atom. The number of benzene rings is 1. The third-order valence-corrected chi connectivity index (χ3v) is 4.33. The number of alkyl halides is 5. The molecule has 0 aliphatic carbocycles. The smallest absolute Gasteiger partial charge is 0.435 e. The van der Waals surface area contributed by atoms with Crippen molar-refractivity contribution in [1.29, 1.82) is 0 Å². The van der Waals surface area contributed by atoms with E-state index in [1.807, 2.05) is 0 Å². The quantitative estimate of drug-likeness (QED) is 0.536. The molecule has 12 heteroatoms. The molecule has 2 aromatic rings.